The van der Waals surface area contributed by atoms with Crippen LogP contribution in [0.1, 0.15) is 40.0 Å². The molecule has 1 amide bonds. The molecule has 1 heterocycles. The lowest BCUT2D eigenvalue weighted by atomic mass is 10.2. The maximum absolute atomic E-state index is 11.9. The third-order valence-corrected chi connectivity index (χ3v) is 3.35. The number of carbonyl (C=O) groups excluding carboxylic acids is 1. The predicted octanol–water partition coefficient (Wildman–Crippen LogP) is 2.36. The van der Waals surface area contributed by atoms with Crippen molar-refractivity contribution in [3.8, 4) is 0 Å². The summed E-state index contributed by atoms with van der Waals surface area (Å²) in [4.78, 5) is 16.2. The maximum Gasteiger partial charge on any atom is 0.410 e. The summed E-state index contributed by atoms with van der Waals surface area (Å²) in [6, 6.07) is 0. The summed E-state index contributed by atoms with van der Waals surface area (Å²) in [7, 11) is 1.75. The van der Waals surface area contributed by atoms with Gasteiger partial charge < -0.3 is 14.4 Å². The summed E-state index contributed by atoms with van der Waals surface area (Å²) in [5, 5.41) is 0. The van der Waals surface area contributed by atoms with E-state index in [4.69, 9.17) is 9.47 Å². The second kappa shape index (κ2) is 8.47. The third kappa shape index (κ3) is 7.10. The third-order valence-electron chi connectivity index (χ3n) is 3.35. The second-order valence-electron chi connectivity index (χ2n) is 6.36. The van der Waals surface area contributed by atoms with Crippen LogP contribution in [0.3, 0.4) is 0 Å². The molecule has 0 atom stereocenters. The normalized spacial score (nSPS) is 17.3. The van der Waals surface area contributed by atoms with Gasteiger partial charge in [-0.25, -0.2) is 4.79 Å². The zero-order valence-electron chi connectivity index (χ0n) is 13.5. The van der Waals surface area contributed by atoms with E-state index in [0.717, 1.165) is 45.8 Å². The number of unbranched alkanes of at least 4 members (excludes halogenated alkanes) is 2. The molecule has 1 aliphatic rings. The average Bonchev–Trinajstić information content (AvgIpc) is 2.37. The van der Waals surface area contributed by atoms with Crippen molar-refractivity contribution in [2.24, 2.45) is 0 Å². The standard InChI is InChI=1S/C15H30N2O3/c1-15(2,3)20-14(18)17-11-9-16(10-12-17)8-6-5-7-13-19-4/h5-13H2,1-4H3. The molecule has 20 heavy (non-hydrogen) atoms. The Morgan fingerprint density at radius 1 is 1.05 bits per heavy atom. The van der Waals surface area contributed by atoms with E-state index in [1.54, 1.807) is 7.11 Å². The van der Waals surface area contributed by atoms with Crippen LogP contribution in [0.5, 0.6) is 0 Å². The second-order valence-corrected chi connectivity index (χ2v) is 6.36. The fraction of sp³-hybridized carbons (Fsp3) is 0.933. The molecular weight excluding hydrogens is 256 g/mol. The molecule has 1 aliphatic heterocycles. The Morgan fingerprint density at radius 3 is 2.25 bits per heavy atom. The molecule has 0 aromatic heterocycles. The van der Waals surface area contributed by atoms with Crippen molar-refractivity contribution < 1.29 is 14.3 Å². The number of nitrogens with zero attached hydrogens (tertiary/aromatic N) is 2. The van der Waals surface area contributed by atoms with Gasteiger partial charge in [0.1, 0.15) is 5.60 Å². The highest BCUT2D eigenvalue weighted by molar-refractivity contribution is 5.68. The minimum absolute atomic E-state index is 0.183. The Morgan fingerprint density at radius 2 is 1.70 bits per heavy atom. The number of rotatable bonds is 6. The van der Waals surface area contributed by atoms with E-state index >= 15 is 0 Å². The molecule has 1 saturated heterocycles. The van der Waals surface area contributed by atoms with Crippen LogP contribution in [0.2, 0.25) is 0 Å². The van der Waals surface area contributed by atoms with E-state index in [0.29, 0.717) is 0 Å². The molecule has 1 fully saturated rings. The van der Waals surface area contributed by atoms with Crippen molar-refractivity contribution in [3.63, 3.8) is 0 Å². The predicted molar refractivity (Wildman–Crippen MR) is 80.0 cm³/mol. The summed E-state index contributed by atoms with van der Waals surface area (Å²) in [5.74, 6) is 0. The molecular formula is C15H30N2O3. The molecule has 0 aromatic carbocycles. The summed E-state index contributed by atoms with van der Waals surface area (Å²) in [6.07, 6.45) is 3.36. The molecule has 0 aliphatic carbocycles. The highest BCUT2D eigenvalue weighted by atomic mass is 16.6. The molecule has 0 saturated carbocycles. The lowest BCUT2D eigenvalue weighted by Crippen LogP contribution is -2.50. The molecule has 118 valence electrons. The van der Waals surface area contributed by atoms with Gasteiger partial charge in [0.2, 0.25) is 0 Å². The largest absolute Gasteiger partial charge is 0.444 e. The van der Waals surface area contributed by atoms with Gasteiger partial charge in [0.25, 0.3) is 0 Å². The highest BCUT2D eigenvalue weighted by Crippen LogP contribution is 2.12. The van der Waals surface area contributed by atoms with Crippen molar-refractivity contribution >= 4 is 6.09 Å². The van der Waals surface area contributed by atoms with E-state index in [-0.39, 0.29) is 6.09 Å². The van der Waals surface area contributed by atoms with E-state index in [1.807, 2.05) is 25.7 Å². The van der Waals surface area contributed by atoms with Gasteiger partial charge in [0, 0.05) is 39.9 Å². The van der Waals surface area contributed by atoms with E-state index in [1.165, 1.54) is 12.8 Å². The van der Waals surface area contributed by atoms with E-state index in [9.17, 15) is 4.79 Å². The van der Waals surface area contributed by atoms with Crippen LogP contribution >= 0.6 is 0 Å². The smallest absolute Gasteiger partial charge is 0.410 e. The molecule has 0 spiro atoms. The van der Waals surface area contributed by atoms with Crippen molar-refractivity contribution in [1.82, 2.24) is 9.80 Å². The van der Waals surface area contributed by atoms with Crippen LogP contribution in [-0.4, -0.2) is 67.9 Å². The van der Waals surface area contributed by atoms with Crippen molar-refractivity contribution in [3.05, 3.63) is 0 Å². The maximum atomic E-state index is 11.9. The van der Waals surface area contributed by atoms with Crippen LogP contribution in [-0.2, 0) is 9.47 Å². The van der Waals surface area contributed by atoms with Gasteiger partial charge in [-0.2, -0.15) is 0 Å². The molecule has 0 radical (unpaired) electrons. The summed E-state index contributed by atoms with van der Waals surface area (Å²) < 4.78 is 10.4. The van der Waals surface area contributed by atoms with Gasteiger partial charge in [0.05, 0.1) is 0 Å². The van der Waals surface area contributed by atoms with Crippen LogP contribution in [0.4, 0.5) is 4.79 Å². The topological polar surface area (TPSA) is 42.0 Å². The molecule has 5 heteroatoms. The van der Waals surface area contributed by atoms with E-state index in [2.05, 4.69) is 4.90 Å². The number of methoxy groups -OCH3 is 1. The minimum atomic E-state index is -0.407. The van der Waals surface area contributed by atoms with Crippen LogP contribution in [0.15, 0.2) is 0 Å². The zero-order valence-corrected chi connectivity index (χ0v) is 13.5. The number of amides is 1. The fourth-order valence-corrected chi connectivity index (χ4v) is 2.24. The van der Waals surface area contributed by atoms with Crippen molar-refractivity contribution in [1.29, 1.82) is 0 Å². The molecule has 0 bridgehead atoms. The summed E-state index contributed by atoms with van der Waals surface area (Å²) in [6.45, 7) is 11.1. The first-order chi connectivity index (χ1) is 9.42. The quantitative estimate of drug-likeness (QED) is 0.703. The van der Waals surface area contributed by atoms with Gasteiger partial charge in [-0.3, -0.25) is 4.90 Å². The lowest BCUT2D eigenvalue weighted by molar-refractivity contribution is 0.0144. The summed E-state index contributed by atoms with van der Waals surface area (Å²) >= 11 is 0. The Balaban J connectivity index is 2.15. The molecule has 5 nitrogen and oxygen atoms in total. The highest BCUT2D eigenvalue weighted by Gasteiger charge is 2.25. The zero-order chi connectivity index (χ0) is 15.0. The Bertz CT molecular complexity index is 281. The average molecular weight is 286 g/mol. The van der Waals surface area contributed by atoms with Gasteiger partial charge >= 0.3 is 6.09 Å². The van der Waals surface area contributed by atoms with Crippen molar-refractivity contribution in [2.75, 3.05) is 46.4 Å². The van der Waals surface area contributed by atoms with Gasteiger partial charge in [-0.1, -0.05) is 0 Å². The monoisotopic (exact) mass is 286 g/mol. The first kappa shape index (κ1) is 17.2. The SMILES string of the molecule is COCCCCCN1CCN(C(=O)OC(C)(C)C)CC1. The Labute approximate surface area is 123 Å². The number of hydrogen-bond acceptors (Lipinski definition) is 4. The Kier molecular flexibility index (Phi) is 7.30. The number of carbonyl (C=O) groups is 1. The molecule has 0 N–H and O–H groups in total. The van der Waals surface area contributed by atoms with Crippen molar-refractivity contribution in [2.45, 2.75) is 45.6 Å². The minimum Gasteiger partial charge on any atom is -0.444 e. The fourth-order valence-electron chi connectivity index (χ4n) is 2.24. The molecule has 0 aromatic rings. The number of piperazine rings is 1. The molecule has 1 rings (SSSR count). The van der Waals surface area contributed by atoms with Gasteiger partial charge in [-0.15, -0.1) is 0 Å². The van der Waals surface area contributed by atoms with Crippen LogP contribution < -0.4 is 0 Å². The molecule has 0 unspecified atom stereocenters. The van der Waals surface area contributed by atoms with Crippen LogP contribution in [0, 0.1) is 0 Å². The van der Waals surface area contributed by atoms with E-state index < -0.39 is 5.60 Å². The Hall–Kier alpha value is -0.810. The summed E-state index contributed by atoms with van der Waals surface area (Å²) in [5.41, 5.74) is -0.407. The van der Waals surface area contributed by atoms with Gasteiger partial charge in [0.15, 0.2) is 0 Å². The number of ether oxygens (including phenoxy) is 2. The first-order valence-corrected chi connectivity index (χ1v) is 7.61. The lowest BCUT2D eigenvalue weighted by Gasteiger charge is -2.35. The first-order valence-electron chi connectivity index (χ1n) is 7.61. The number of hydrogen-bond donors (Lipinski definition) is 0. The van der Waals surface area contributed by atoms with Gasteiger partial charge in [-0.05, 0) is 46.6 Å². The van der Waals surface area contributed by atoms with Crippen LogP contribution in [0.25, 0.3) is 0 Å².